The van der Waals surface area contributed by atoms with Gasteiger partial charge in [-0.15, -0.1) is 0 Å². The van der Waals surface area contributed by atoms with Crippen molar-refractivity contribution in [3.63, 3.8) is 0 Å². The Morgan fingerprint density at radius 3 is 2.82 bits per heavy atom. The van der Waals surface area contributed by atoms with Crippen molar-refractivity contribution in [3.8, 4) is 0 Å². The number of hydroxylamine groups is 1. The van der Waals surface area contributed by atoms with Gasteiger partial charge < -0.3 is 10.5 Å². The van der Waals surface area contributed by atoms with Crippen LogP contribution in [0.5, 0.6) is 0 Å². The summed E-state index contributed by atoms with van der Waals surface area (Å²) in [5.41, 5.74) is 9.76. The van der Waals surface area contributed by atoms with E-state index in [2.05, 4.69) is 25.4 Å². The SMILES string of the molecule is C[C@]12CCC(NOCCCN)=CC1C(C=O)C[C@@H]1[C@@H]2CC[C@]2(C)C(=O)CC[C@@H]12. The molecule has 4 aliphatic rings. The molecule has 0 aliphatic heterocycles. The first-order valence-electron chi connectivity index (χ1n) is 11.2. The summed E-state index contributed by atoms with van der Waals surface area (Å²) in [7, 11) is 0. The van der Waals surface area contributed by atoms with E-state index in [1.807, 2.05) is 0 Å². The zero-order chi connectivity index (χ0) is 19.9. The van der Waals surface area contributed by atoms with Crippen LogP contribution in [0, 0.1) is 40.4 Å². The summed E-state index contributed by atoms with van der Waals surface area (Å²) >= 11 is 0. The van der Waals surface area contributed by atoms with Crippen molar-refractivity contribution in [1.82, 2.24) is 5.48 Å². The molecule has 0 aromatic carbocycles. The number of carbonyl (C=O) groups excluding carboxylic acids is 2. The molecule has 7 atom stereocenters. The van der Waals surface area contributed by atoms with E-state index in [0.717, 1.165) is 57.1 Å². The Kier molecular flexibility index (Phi) is 5.43. The van der Waals surface area contributed by atoms with Gasteiger partial charge in [0.25, 0.3) is 0 Å². The molecular weight excluding hydrogens is 352 g/mol. The number of hydrogen-bond acceptors (Lipinski definition) is 5. The number of nitrogens with two attached hydrogens (primary N) is 1. The lowest BCUT2D eigenvalue weighted by atomic mass is 9.44. The third kappa shape index (κ3) is 3.06. The van der Waals surface area contributed by atoms with Crippen LogP contribution < -0.4 is 11.2 Å². The molecule has 3 fully saturated rings. The standard InChI is InChI=1S/C23H36N2O3/c1-22-8-6-16(25-28-11-3-10-24)13-20(22)15(14-26)12-17-18-4-5-21(27)23(18,2)9-7-19(17)22/h13-15,17-20,25H,3-12,24H2,1-2H3/t15?,17-,18-,19-,20?,22+,23-/m0/s1. The number of carbonyl (C=O) groups is 2. The van der Waals surface area contributed by atoms with Gasteiger partial charge in [0, 0.05) is 23.5 Å². The molecule has 28 heavy (non-hydrogen) atoms. The topological polar surface area (TPSA) is 81.4 Å². The normalized spacial score (nSPS) is 44.9. The van der Waals surface area contributed by atoms with Crippen LogP contribution in [0.2, 0.25) is 0 Å². The maximum Gasteiger partial charge on any atom is 0.139 e. The van der Waals surface area contributed by atoms with Gasteiger partial charge in [0.1, 0.15) is 12.1 Å². The molecule has 3 N–H and O–H groups in total. The van der Waals surface area contributed by atoms with Crippen LogP contribution in [0.15, 0.2) is 11.8 Å². The molecule has 5 nitrogen and oxygen atoms in total. The van der Waals surface area contributed by atoms with Crippen LogP contribution in [0.25, 0.3) is 0 Å². The van der Waals surface area contributed by atoms with Gasteiger partial charge in [-0.1, -0.05) is 19.9 Å². The van der Waals surface area contributed by atoms with Gasteiger partial charge in [-0.05, 0) is 80.6 Å². The lowest BCUT2D eigenvalue weighted by Crippen LogP contribution is -2.55. The fourth-order valence-electron chi connectivity index (χ4n) is 7.30. The Labute approximate surface area is 168 Å². The first-order valence-corrected chi connectivity index (χ1v) is 11.2. The van der Waals surface area contributed by atoms with Gasteiger partial charge in [0.15, 0.2) is 0 Å². The van der Waals surface area contributed by atoms with E-state index in [1.54, 1.807) is 0 Å². The minimum Gasteiger partial charge on any atom is -0.330 e. The molecule has 0 amide bonds. The van der Waals surface area contributed by atoms with E-state index in [1.165, 1.54) is 6.29 Å². The Bertz CT molecular complexity index is 662. The average Bonchev–Trinajstić information content (AvgIpc) is 3.00. The Hall–Kier alpha value is -1.20. The maximum atomic E-state index is 12.6. The summed E-state index contributed by atoms with van der Waals surface area (Å²) in [6, 6.07) is 0. The molecule has 0 aromatic heterocycles. The highest BCUT2D eigenvalue weighted by atomic mass is 16.6. The van der Waals surface area contributed by atoms with Crippen molar-refractivity contribution in [2.75, 3.05) is 13.2 Å². The van der Waals surface area contributed by atoms with Crippen LogP contribution in [-0.4, -0.2) is 25.2 Å². The lowest BCUT2D eigenvalue weighted by molar-refractivity contribution is -0.142. The predicted octanol–water partition coefficient (Wildman–Crippen LogP) is 3.39. The lowest BCUT2D eigenvalue weighted by Gasteiger charge is -2.60. The first-order chi connectivity index (χ1) is 13.4. The number of allylic oxidation sites excluding steroid dienone is 2. The number of Topliss-reactive ketones (excluding diaryl/α,β-unsaturated/α-hetero) is 1. The van der Waals surface area contributed by atoms with Crippen molar-refractivity contribution < 1.29 is 14.4 Å². The zero-order valence-electron chi connectivity index (χ0n) is 17.4. The van der Waals surface area contributed by atoms with Crippen molar-refractivity contribution in [3.05, 3.63) is 11.8 Å². The molecule has 4 rings (SSSR count). The number of nitrogens with one attached hydrogen (secondary N) is 1. The van der Waals surface area contributed by atoms with Gasteiger partial charge in [-0.2, -0.15) is 0 Å². The van der Waals surface area contributed by atoms with E-state index in [9.17, 15) is 9.59 Å². The van der Waals surface area contributed by atoms with Gasteiger partial charge in [0.2, 0.25) is 0 Å². The number of aldehydes is 1. The molecule has 0 saturated heterocycles. The highest BCUT2D eigenvalue weighted by Gasteiger charge is 2.61. The number of ketones is 1. The number of hydrogen-bond donors (Lipinski definition) is 2. The second kappa shape index (κ2) is 7.56. The van der Waals surface area contributed by atoms with Crippen molar-refractivity contribution in [2.24, 2.45) is 46.2 Å². The van der Waals surface area contributed by atoms with Gasteiger partial charge in [-0.25, -0.2) is 0 Å². The highest BCUT2D eigenvalue weighted by molar-refractivity contribution is 5.87. The molecular formula is C23H36N2O3. The predicted molar refractivity (Wildman–Crippen MR) is 108 cm³/mol. The molecule has 2 unspecified atom stereocenters. The molecule has 4 aliphatic carbocycles. The van der Waals surface area contributed by atoms with Crippen molar-refractivity contribution >= 4 is 12.1 Å². The maximum absolute atomic E-state index is 12.6. The minimum absolute atomic E-state index is 0.0467. The third-order valence-electron chi connectivity index (χ3n) is 8.90. The van der Waals surface area contributed by atoms with Gasteiger partial charge in [0.05, 0.1) is 6.61 Å². The van der Waals surface area contributed by atoms with Crippen LogP contribution >= 0.6 is 0 Å². The second-order valence-corrected chi connectivity index (χ2v) is 10.1. The molecule has 0 radical (unpaired) electrons. The van der Waals surface area contributed by atoms with E-state index >= 15 is 0 Å². The smallest absolute Gasteiger partial charge is 0.139 e. The van der Waals surface area contributed by atoms with Crippen LogP contribution in [0.4, 0.5) is 0 Å². The minimum atomic E-state index is -0.133. The largest absolute Gasteiger partial charge is 0.330 e. The first kappa shape index (κ1) is 20.1. The monoisotopic (exact) mass is 388 g/mol. The quantitative estimate of drug-likeness (QED) is 0.414. The highest BCUT2D eigenvalue weighted by Crippen LogP contribution is 2.65. The summed E-state index contributed by atoms with van der Waals surface area (Å²) in [5, 5.41) is 0. The van der Waals surface area contributed by atoms with Crippen molar-refractivity contribution in [2.45, 2.75) is 65.2 Å². The van der Waals surface area contributed by atoms with E-state index in [-0.39, 0.29) is 22.7 Å². The summed E-state index contributed by atoms with van der Waals surface area (Å²) in [6.45, 7) is 5.84. The molecule has 0 aromatic rings. The number of rotatable bonds is 6. The van der Waals surface area contributed by atoms with Gasteiger partial charge >= 0.3 is 0 Å². The third-order valence-corrected chi connectivity index (χ3v) is 8.90. The van der Waals surface area contributed by atoms with Crippen LogP contribution in [-0.2, 0) is 14.4 Å². The molecule has 0 bridgehead atoms. The Morgan fingerprint density at radius 1 is 1.25 bits per heavy atom. The van der Waals surface area contributed by atoms with E-state index < -0.39 is 0 Å². The summed E-state index contributed by atoms with van der Waals surface area (Å²) in [6.07, 6.45) is 11.2. The van der Waals surface area contributed by atoms with Gasteiger partial charge in [-0.3, -0.25) is 15.1 Å². The van der Waals surface area contributed by atoms with E-state index in [0.29, 0.717) is 36.7 Å². The van der Waals surface area contributed by atoms with E-state index in [4.69, 9.17) is 10.6 Å². The van der Waals surface area contributed by atoms with Crippen LogP contribution in [0.3, 0.4) is 0 Å². The zero-order valence-corrected chi connectivity index (χ0v) is 17.4. The average molecular weight is 389 g/mol. The molecule has 0 spiro atoms. The summed E-state index contributed by atoms with van der Waals surface area (Å²) in [4.78, 5) is 30.3. The summed E-state index contributed by atoms with van der Waals surface area (Å²) < 4.78 is 0. The van der Waals surface area contributed by atoms with Crippen LogP contribution in [0.1, 0.15) is 65.2 Å². The van der Waals surface area contributed by atoms with Crippen molar-refractivity contribution in [1.29, 1.82) is 0 Å². The second-order valence-electron chi connectivity index (χ2n) is 10.1. The Balaban J connectivity index is 1.56. The fourth-order valence-corrected chi connectivity index (χ4v) is 7.30. The summed E-state index contributed by atoms with van der Waals surface area (Å²) in [5.74, 6) is 2.39. The fraction of sp³-hybridized carbons (Fsp3) is 0.826. The molecule has 3 saturated carbocycles. The Morgan fingerprint density at radius 2 is 2.07 bits per heavy atom. The molecule has 0 heterocycles. The molecule has 156 valence electrons. The molecule has 5 heteroatoms. The number of fused-ring (bicyclic) bond motifs is 5.